The first-order chi connectivity index (χ1) is 45.2. The van der Waals surface area contributed by atoms with Gasteiger partial charge in [0.05, 0.1) is 31.4 Å². The SMILES string of the molecule is CCCCCCCCCCCCCCCCCC(=O)OC[C@H](COP(=O)(O)OCCNC(=O)OCCNC(=S)Nc1ccc(-c2c3ccc(=[N+](CC)CC)cc-3oc3cc(N(CC)CC)ccc23)c(C(=O)O)c1)OC(=O)CCCCCCCCCCCCCCCCC. The zero-order valence-corrected chi connectivity index (χ0v) is 59.3. The number of hydrogen-bond acceptors (Lipinski definition) is 13. The van der Waals surface area contributed by atoms with Crippen molar-refractivity contribution in [2.75, 3.05) is 75.9 Å². The van der Waals surface area contributed by atoms with Crippen LogP contribution in [0.3, 0.4) is 0 Å². The molecule has 0 saturated carbocycles. The van der Waals surface area contributed by atoms with E-state index in [0.29, 0.717) is 35.4 Å². The van der Waals surface area contributed by atoms with Gasteiger partial charge in [0, 0.05) is 72.5 Å². The number of carboxylic acids is 1. The number of rotatable bonds is 53. The van der Waals surface area contributed by atoms with E-state index in [-0.39, 0.29) is 49.8 Å². The number of amides is 1. The Labute approximate surface area is 562 Å². The molecule has 0 radical (unpaired) electrons. The van der Waals surface area contributed by atoms with Gasteiger partial charge >= 0.3 is 31.8 Å². The van der Waals surface area contributed by atoms with Gasteiger partial charge in [0.15, 0.2) is 11.2 Å². The van der Waals surface area contributed by atoms with E-state index < -0.39 is 51.1 Å². The number of phosphoric ester groups is 1. The average molecular weight is 1340 g/mol. The summed E-state index contributed by atoms with van der Waals surface area (Å²) in [4.78, 5) is 64.2. The molecule has 0 spiro atoms. The molecular formula is C73H117N5O13PS+. The fraction of sp³-hybridized carbons (Fsp3) is 0.671. The fourth-order valence-corrected chi connectivity index (χ4v) is 12.7. The number of unbranched alkanes of at least 4 members (excludes halogenated alkanes) is 28. The average Bonchev–Trinajstić information content (AvgIpc) is 0.747. The van der Waals surface area contributed by atoms with Crippen LogP contribution in [0.5, 0.6) is 0 Å². The molecule has 18 nitrogen and oxygen atoms in total. The third-order valence-corrected chi connectivity index (χ3v) is 18.3. The molecule has 0 saturated heterocycles. The Kier molecular flexibility index (Phi) is 41.3. The monoisotopic (exact) mass is 1330 g/mol. The van der Waals surface area contributed by atoms with Crippen LogP contribution >= 0.6 is 20.0 Å². The summed E-state index contributed by atoms with van der Waals surface area (Å²) in [5.41, 5.74) is 4.11. The maximum atomic E-state index is 13.0. The van der Waals surface area contributed by atoms with E-state index in [1.165, 1.54) is 147 Å². The van der Waals surface area contributed by atoms with Crippen molar-refractivity contribution < 1.29 is 61.4 Å². The topological polar surface area (TPSA) is 227 Å². The van der Waals surface area contributed by atoms with Gasteiger partial charge in [-0.2, -0.15) is 0 Å². The number of esters is 2. The predicted octanol–water partition coefficient (Wildman–Crippen LogP) is 17.7. The Morgan fingerprint density at radius 2 is 1.10 bits per heavy atom. The zero-order valence-electron chi connectivity index (χ0n) is 57.6. The molecule has 522 valence electrons. The fourth-order valence-electron chi connectivity index (χ4n) is 11.7. The number of hydrogen-bond donors (Lipinski definition) is 5. The van der Waals surface area contributed by atoms with E-state index in [0.717, 1.165) is 92.3 Å². The molecule has 0 aromatic heterocycles. The minimum Gasteiger partial charge on any atom is -0.478 e. The molecule has 2 aliphatic rings. The number of aromatic carboxylic acids is 1. The number of carbonyl (C=O) groups is 4. The number of fused-ring (bicyclic) bond motifs is 2. The second kappa shape index (κ2) is 48.2. The second-order valence-electron chi connectivity index (χ2n) is 24.5. The van der Waals surface area contributed by atoms with Crippen molar-refractivity contribution in [2.45, 2.75) is 253 Å². The summed E-state index contributed by atoms with van der Waals surface area (Å²) >= 11 is 5.52. The summed E-state index contributed by atoms with van der Waals surface area (Å²) in [6, 6.07) is 17.1. The first kappa shape index (κ1) is 79.8. The maximum absolute atomic E-state index is 13.0. The Bertz CT molecular complexity index is 2880. The van der Waals surface area contributed by atoms with Crippen molar-refractivity contribution in [3.8, 4) is 22.5 Å². The number of anilines is 2. The number of ether oxygens (including phenoxy) is 3. The van der Waals surface area contributed by atoms with Crippen molar-refractivity contribution in [1.82, 2.24) is 15.2 Å². The van der Waals surface area contributed by atoms with E-state index in [9.17, 15) is 33.7 Å². The molecule has 1 amide bonds. The van der Waals surface area contributed by atoms with Crippen molar-refractivity contribution in [3.63, 3.8) is 0 Å². The minimum atomic E-state index is -4.72. The standard InChI is InChI=1S/C73H116N5O13PS/c1-7-13-15-17-19-21-23-25-27-29-31-33-35-37-39-41-68(79)87-56-61(90-69(80)42-40-38-36-34-32-30-28-26-24-22-20-18-16-14-8-2)57-89-92(84,85)88-52-50-75-73(83)86-51-49-74-72(93)76-58-43-46-62(65(53-58)71(81)82)70-63-47-44-59(77(9-3)10-4)54-66(63)91-67-55-60(45-48-64(67)70)78(11-5)12-6/h43-48,53-55,61H,7-42,49-52,56-57H2,1-6H3,(H4,74,75,81,82,83,84,85,93)/p+1/t61-/m1/s1. The Balaban J connectivity index is 1.20. The Hall–Kier alpha value is -5.59. The van der Waals surface area contributed by atoms with Gasteiger partial charge in [0.25, 0.3) is 0 Å². The summed E-state index contributed by atoms with van der Waals surface area (Å²) in [6.45, 7) is 14.6. The molecule has 1 heterocycles. The van der Waals surface area contributed by atoms with Crippen molar-refractivity contribution in [1.29, 1.82) is 0 Å². The van der Waals surface area contributed by atoms with Crippen molar-refractivity contribution in [2.24, 2.45) is 0 Å². The van der Waals surface area contributed by atoms with Crippen LogP contribution in [0.25, 0.3) is 33.4 Å². The number of carbonyl (C=O) groups excluding carboxylic acids is 3. The number of benzene rings is 3. The quantitative estimate of drug-likeness (QED) is 0.00527. The highest BCUT2D eigenvalue weighted by Gasteiger charge is 2.27. The van der Waals surface area contributed by atoms with Gasteiger partial charge in [-0.3, -0.25) is 18.6 Å². The third-order valence-electron chi connectivity index (χ3n) is 17.1. The highest BCUT2D eigenvalue weighted by molar-refractivity contribution is 7.80. The lowest BCUT2D eigenvalue weighted by molar-refractivity contribution is -0.161. The predicted molar refractivity (Wildman–Crippen MR) is 380 cm³/mol. The van der Waals surface area contributed by atoms with Crippen LogP contribution in [0.1, 0.15) is 257 Å². The van der Waals surface area contributed by atoms with Crippen LogP contribution in [0.15, 0.2) is 59.0 Å². The molecule has 2 aromatic rings. The van der Waals surface area contributed by atoms with Crippen LogP contribution in [0, 0.1) is 0 Å². The normalized spacial score (nSPS) is 12.3. The van der Waals surface area contributed by atoms with Gasteiger partial charge in [-0.05, 0) is 88.6 Å². The minimum absolute atomic E-state index is 0.0502. The second-order valence-corrected chi connectivity index (χ2v) is 26.3. The molecule has 2 atom stereocenters. The number of nitrogens with one attached hydrogen (secondary N) is 3. The molecule has 1 unspecified atom stereocenters. The van der Waals surface area contributed by atoms with E-state index >= 15 is 0 Å². The highest BCUT2D eigenvalue weighted by atomic mass is 32.1. The van der Waals surface area contributed by atoms with Gasteiger partial charge in [0.1, 0.15) is 37.6 Å². The lowest BCUT2D eigenvalue weighted by Crippen LogP contribution is -2.34. The van der Waals surface area contributed by atoms with Crippen LogP contribution in [-0.2, 0) is 37.4 Å². The smallest absolute Gasteiger partial charge is 0.472 e. The number of alkyl carbamates (subject to hydrolysis) is 1. The molecule has 1 aliphatic heterocycles. The molecule has 20 heteroatoms. The summed E-state index contributed by atoms with van der Waals surface area (Å²) < 4.78 is 48.5. The number of phosphoric acid groups is 1. The Morgan fingerprint density at radius 1 is 0.581 bits per heavy atom. The van der Waals surface area contributed by atoms with Gasteiger partial charge in [-0.15, -0.1) is 0 Å². The van der Waals surface area contributed by atoms with Gasteiger partial charge < -0.3 is 49.5 Å². The lowest BCUT2D eigenvalue weighted by atomic mass is 9.90. The van der Waals surface area contributed by atoms with Gasteiger partial charge in [0.2, 0.25) is 5.36 Å². The molecule has 93 heavy (non-hydrogen) atoms. The van der Waals surface area contributed by atoms with Crippen LogP contribution in [0.2, 0.25) is 0 Å². The van der Waals surface area contributed by atoms with Crippen LogP contribution in [-0.4, -0.2) is 111 Å². The molecular weight excluding hydrogens is 1220 g/mol. The molecule has 2 aromatic carbocycles. The summed E-state index contributed by atoms with van der Waals surface area (Å²) in [5, 5.41) is 21.0. The molecule has 0 bridgehead atoms. The lowest BCUT2D eigenvalue weighted by Gasteiger charge is -2.22. The van der Waals surface area contributed by atoms with Crippen LogP contribution in [0.4, 0.5) is 16.2 Å². The molecule has 0 fully saturated rings. The maximum Gasteiger partial charge on any atom is 0.472 e. The van der Waals surface area contributed by atoms with E-state index in [4.69, 9.17) is 39.9 Å². The Morgan fingerprint density at radius 3 is 1.62 bits per heavy atom. The number of nitrogens with zero attached hydrogens (tertiary/aromatic N) is 2. The van der Waals surface area contributed by atoms with E-state index in [1.54, 1.807) is 12.1 Å². The molecule has 5 N–H and O–H groups in total. The number of thiocarbonyl (C=S) groups is 1. The molecule has 4 rings (SSSR count). The largest absolute Gasteiger partial charge is 0.478 e. The zero-order chi connectivity index (χ0) is 67.3. The summed E-state index contributed by atoms with van der Waals surface area (Å²) in [5.74, 6) is -1.46. The van der Waals surface area contributed by atoms with Gasteiger partial charge in [-0.25, -0.2) is 18.7 Å². The van der Waals surface area contributed by atoms with Crippen LogP contribution < -0.4 is 30.8 Å². The first-order valence-corrected chi connectivity index (χ1v) is 37.7. The molecule has 1 aliphatic carbocycles. The van der Waals surface area contributed by atoms with Crippen molar-refractivity contribution in [3.05, 3.63) is 65.5 Å². The van der Waals surface area contributed by atoms with Crippen molar-refractivity contribution >= 4 is 71.5 Å². The van der Waals surface area contributed by atoms with E-state index in [2.05, 4.69) is 67.0 Å². The third kappa shape index (κ3) is 32.6. The highest BCUT2D eigenvalue weighted by Crippen LogP contribution is 2.44. The number of carboxylic acid groups (broad SMARTS) is 1. The first-order valence-electron chi connectivity index (χ1n) is 35.8. The van der Waals surface area contributed by atoms with E-state index in [1.807, 2.05) is 36.4 Å². The van der Waals surface area contributed by atoms with Gasteiger partial charge in [-0.1, -0.05) is 200 Å². The summed E-state index contributed by atoms with van der Waals surface area (Å²) in [6.07, 6.45) is 34.5. The summed E-state index contributed by atoms with van der Waals surface area (Å²) in [7, 11) is -4.72.